The number of aryl methyl sites for hydroxylation is 1. The Bertz CT molecular complexity index is 886. The first kappa shape index (κ1) is 22.7. The van der Waals surface area contributed by atoms with Crippen molar-refractivity contribution in [1.82, 2.24) is 14.8 Å². The highest BCUT2D eigenvalue weighted by Gasteiger charge is 2.15. The largest absolute Gasteiger partial charge is 0.351 e. The van der Waals surface area contributed by atoms with Crippen LogP contribution in [-0.4, -0.2) is 42.6 Å². The minimum Gasteiger partial charge on any atom is -0.351 e. The third kappa shape index (κ3) is 6.20. The lowest BCUT2D eigenvalue weighted by Crippen LogP contribution is -2.25. The molecule has 2 aromatic rings. The van der Waals surface area contributed by atoms with Crippen molar-refractivity contribution < 1.29 is 4.79 Å². The number of rotatable bonds is 11. The van der Waals surface area contributed by atoms with Crippen LogP contribution in [0.1, 0.15) is 50.3 Å². The fourth-order valence-corrected chi connectivity index (χ4v) is 3.61. The molecule has 0 aliphatic rings. The summed E-state index contributed by atoms with van der Waals surface area (Å²) in [5.74, 6) is -0.284. The number of benzene rings is 1. The number of amides is 1. The van der Waals surface area contributed by atoms with Crippen LogP contribution in [0.5, 0.6) is 0 Å². The van der Waals surface area contributed by atoms with Gasteiger partial charge in [0.2, 0.25) is 0 Å². The molecule has 0 aliphatic carbocycles. The van der Waals surface area contributed by atoms with E-state index in [0.29, 0.717) is 6.54 Å². The molecule has 1 heterocycles. The molecule has 29 heavy (non-hydrogen) atoms. The molecule has 0 saturated carbocycles. The Morgan fingerprint density at radius 1 is 1.21 bits per heavy atom. The molecule has 2 rings (SSSR count). The number of hydrogen-bond acceptors (Lipinski definition) is 3. The molecule has 156 valence electrons. The van der Waals surface area contributed by atoms with Gasteiger partial charge in [-0.3, -0.25) is 4.79 Å². The maximum Gasteiger partial charge on any atom is 0.261 e. The third-order valence-electron chi connectivity index (χ3n) is 5.24. The molecule has 5 heteroatoms. The minimum atomic E-state index is -0.284. The topological polar surface area (TPSA) is 61.1 Å². The highest BCUT2D eigenvalue weighted by Crippen LogP contribution is 2.28. The first-order valence-electron chi connectivity index (χ1n) is 10.6. The summed E-state index contributed by atoms with van der Waals surface area (Å²) in [6.07, 6.45) is 7.17. The number of unbranched alkanes of at least 4 members (excludes halogenated alkanes) is 3. The Kier molecular flexibility index (Phi) is 8.95. The summed E-state index contributed by atoms with van der Waals surface area (Å²) in [7, 11) is 4.16. The van der Waals surface area contributed by atoms with Gasteiger partial charge >= 0.3 is 0 Å². The number of nitrogens with zero attached hydrogens (tertiary/aromatic N) is 3. The number of nitrogens with one attached hydrogen (secondary N) is 1. The van der Waals surface area contributed by atoms with E-state index in [4.69, 9.17) is 0 Å². The average molecular weight is 395 g/mol. The van der Waals surface area contributed by atoms with E-state index in [-0.39, 0.29) is 11.5 Å². The number of aromatic nitrogens is 1. The highest BCUT2D eigenvalue weighted by molar-refractivity contribution is 6.04. The molecule has 1 N–H and O–H groups in total. The quantitative estimate of drug-likeness (QED) is 0.347. The van der Waals surface area contributed by atoms with Crippen molar-refractivity contribution in [3.63, 3.8) is 0 Å². The predicted molar refractivity (Wildman–Crippen MR) is 121 cm³/mol. The van der Waals surface area contributed by atoms with E-state index in [9.17, 15) is 10.1 Å². The normalized spacial score (nSPS) is 11.8. The summed E-state index contributed by atoms with van der Waals surface area (Å²) in [6, 6.07) is 10.3. The Hall–Kier alpha value is -2.58. The van der Waals surface area contributed by atoms with E-state index in [1.807, 2.05) is 12.1 Å². The molecule has 0 aliphatic heterocycles. The predicted octanol–water partition coefficient (Wildman–Crippen LogP) is 4.50. The molecule has 1 aromatic heterocycles. The maximum absolute atomic E-state index is 12.5. The summed E-state index contributed by atoms with van der Waals surface area (Å²) in [4.78, 5) is 14.7. The molecule has 0 radical (unpaired) electrons. The van der Waals surface area contributed by atoms with Crippen molar-refractivity contribution in [2.75, 3.05) is 27.2 Å². The molecule has 5 nitrogen and oxygen atoms in total. The van der Waals surface area contributed by atoms with Crippen molar-refractivity contribution in [3.8, 4) is 6.07 Å². The van der Waals surface area contributed by atoms with Crippen LogP contribution in [-0.2, 0) is 11.3 Å². The van der Waals surface area contributed by atoms with E-state index >= 15 is 0 Å². The van der Waals surface area contributed by atoms with E-state index in [2.05, 4.69) is 60.9 Å². The summed E-state index contributed by atoms with van der Waals surface area (Å²) in [6.45, 7) is 6.77. The minimum absolute atomic E-state index is 0.166. The van der Waals surface area contributed by atoms with Crippen molar-refractivity contribution >= 4 is 22.9 Å². The number of fused-ring (bicyclic) bond motifs is 1. The zero-order valence-corrected chi connectivity index (χ0v) is 18.3. The van der Waals surface area contributed by atoms with E-state index in [1.54, 1.807) is 6.08 Å². The lowest BCUT2D eigenvalue weighted by Gasteiger charge is -2.12. The van der Waals surface area contributed by atoms with Gasteiger partial charge in [-0.05, 0) is 52.5 Å². The molecule has 0 spiro atoms. The molecule has 1 aromatic carbocycles. The Morgan fingerprint density at radius 2 is 1.97 bits per heavy atom. The van der Waals surface area contributed by atoms with Crippen molar-refractivity contribution in [1.29, 1.82) is 5.26 Å². The average Bonchev–Trinajstić information content (AvgIpc) is 2.97. The maximum atomic E-state index is 12.5. The van der Waals surface area contributed by atoms with Crippen LogP contribution in [0.15, 0.2) is 29.8 Å². The van der Waals surface area contributed by atoms with Gasteiger partial charge in [0.25, 0.3) is 5.91 Å². The smallest absolute Gasteiger partial charge is 0.261 e. The van der Waals surface area contributed by atoms with Crippen molar-refractivity contribution in [2.24, 2.45) is 0 Å². The van der Waals surface area contributed by atoms with Gasteiger partial charge in [0.05, 0.1) is 0 Å². The van der Waals surface area contributed by atoms with Gasteiger partial charge in [-0.2, -0.15) is 5.26 Å². The SMILES string of the molecule is CCCCCCNC(=O)/C(C#N)=C\c1c(C)n(CCCN(C)C)c2ccccc12. The fraction of sp³-hybridized carbons (Fsp3) is 0.500. The summed E-state index contributed by atoms with van der Waals surface area (Å²) >= 11 is 0. The van der Waals surface area contributed by atoms with Crippen molar-refractivity contribution in [3.05, 3.63) is 41.1 Å². The monoisotopic (exact) mass is 394 g/mol. The molecule has 0 fully saturated rings. The van der Waals surface area contributed by atoms with Gasteiger partial charge in [0.1, 0.15) is 11.6 Å². The fourth-order valence-electron chi connectivity index (χ4n) is 3.61. The number of carbonyl (C=O) groups is 1. The van der Waals surface area contributed by atoms with Crippen LogP contribution in [0.25, 0.3) is 17.0 Å². The summed E-state index contributed by atoms with van der Waals surface area (Å²) in [5, 5.41) is 13.6. The van der Waals surface area contributed by atoms with Gasteiger partial charge in [-0.25, -0.2) is 0 Å². The van der Waals surface area contributed by atoms with Crippen LogP contribution in [0.3, 0.4) is 0 Å². The Balaban J connectivity index is 2.25. The van der Waals surface area contributed by atoms with Crippen LogP contribution < -0.4 is 5.32 Å². The number of hydrogen-bond donors (Lipinski definition) is 1. The van der Waals surface area contributed by atoms with Gasteiger partial charge < -0.3 is 14.8 Å². The summed E-state index contributed by atoms with van der Waals surface area (Å²) in [5.41, 5.74) is 3.36. The number of para-hydroxylation sites is 1. The Labute approximate surface area is 175 Å². The molecule has 1 amide bonds. The van der Waals surface area contributed by atoms with E-state index < -0.39 is 0 Å². The van der Waals surface area contributed by atoms with Gasteiger partial charge in [0.15, 0.2) is 0 Å². The van der Waals surface area contributed by atoms with Gasteiger partial charge in [-0.15, -0.1) is 0 Å². The second-order valence-electron chi connectivity index (χ2n) is 7.81. The van der Waals surface area contributed by atoms with Gasteiger partial charge in [0, 0.05) is 35.2 Å². The lowest BCUT2D eigenvalue weighted by molar-refractivity contribution is -0.117. The van der Waals surface area contributed by atoms with Crippen molar-refractivity contribution in [2.45, 2.75) is 52.5 Å². The second kappa shape index (κ2) is 11.4. The van der Waals surface area contributed by atoms with E-state index in [0.717, 1.165) is 60.9 Å². The standard InChI is InChI=1S/C24H34N4O/c1-5-6-7-10-14-26-24(29)20(18-25)17-22-19(2)28(16-11-15-27(3)4)23-13-9-8-12-21(22)23/h8-9,12-13,17H,5-7,10-11,14-16H2,1-4H3,(H,26,29)/b20-17-. The van der Waals surface area contributed by atoms with Gasteiger partial charge in [-0.1, -0.05) is 44.4 Å². The molecule has 0 unspecified atom stereocenters. The zero-order chi connectivity index (χ0) is 21.2. The third-order valence-corrected chi connectivity index (χ3v) is 5.24. The molecular weight excluding hydrogens is 360 g/mol. The van der Waals surface area contributed by atoms with Crippen LogP contribution >= 0.6 is 0 Å². The Morgan fingerprint density at radius 3 is 2.66 bits per heavy atom. The summed E-state index contributed by atoms with van der Waals surface area (Å²) < 4.78 is 2.29. The molecule has 0 atom stereocenters. The zero-order valence-electron chi connectivity index (χ0n) is 18.3. The second-order valence-corrected chi connectivity index (χ2v) is 7.81. The first-order valence-corrected chi connectivity index (χ1v) is 10.6. The van der Waals surface area contributed by atoms with Crippen LogP contribution in [0.4, 0.5) is 0 Å². The number of nitriles is 1. The molecule has 0 saturated heterocycles. The number of carbonyl (C=O) groups excluding carboxylic acids is 1. The van der Waals surface area contributed by atoms with E-state index in [1.165, 1.54) is 6.42 Å². The van der Waals surface area contributed by atoms with Crippen LogP contribution in [0, 0.1) is 18.3 Å². The highest BCUT2D eigenvalue weighted by atomic mass is 16.1. The lowest BCUT2D eigenvalue weighted by atomic mass is 10.1. The molecule has 0 bridgehead atoms. The van der Waals surface area contributed by atoms with Crippen LogP contribution in [0.2, 0.25) is 0 Å². The first-order chi connectivity index (χ1) is 14.0. The molecular formula is C24H34N4O.